The van der Waals surface area contributed by atoms with E-state index < -0.39 is 5.97 Å². The van der Waals surface area contributed by atoms with E-state index in [9.17, 15) is 9.90 Å². The van der Waals surface area contributed by atoms with Crippen molar-refractivity contribution in [2.75, 3.05) is 0 Å². The average Bonchev–Trinajstić information content (AvgIpc) is 2.92. The minimum atomic E-state index is -0.969. The molecule has 0 aliphatic heterocycles. The molecule has 3 aromatic rings. The molecule has 2 aromatic heterocycles. The van der Waals surface area contributed by atoms with Crippen LogP contribution in [-0.4, -0.2) is 21.0 Å². The molecule has 94 valence electrons. The SMILES string of the molecule is O=C(O)c1cc(-c2nccs2)nc2c(Br)cccc12. The Bertz CT molecular complexity index is 772. The highest BCUT2D eigenvalue weighted by molar-refractivity contribution is 9.10. The van der Waals surface area contributed by atoms with Crippen LogP contribution in [0.3, 0.4) is 0 Å². The van der Waals surface area contributed by atoms with Crippen molar-refractivity contribution in [1.82, 2.24) is 9.97 Å². The monoisotopic (exact) mass is 334 g/mol. The predicted molar refractivity (Wildman–Crippen MR) is 77.5 cm³/mol. The van der Waals surface area contributed by atoms with Gasteiger partial charge in [0.05, 0.1) is 11.1 Å². The maximum absolute atomic E-state index is 11.4. The van der Waals surface area contributed by atoms with Gasteiger partial charge in [-0.25, -0.2) is 14.8 Å². The molecule has 0 saturated carbocycles. The molecule has 0 bridgehead atoms. The van der Waals surface area contributed by atoms with Crippen LogP contribution in [0.1, 0.15) is 10.4 Å². The molecule has 0 unspecified atom stereocenters. The van der Waals surface area contributed by atoms with Crippen LogP contribution in [0.5, 0.6) is 0 Å². The number of pyridine rings is 1. The van der Waals surface area contributed by atoms with Gasteiger partial charge in [-0.1, -0.05) is 12.1 Å². The molecule has 1 aromatic carbocycles. The first-order valence-electron chi connectivity index (χ1n) is 5.39. The van der Waals surface area contributed by atoms with Gasteiger partial charge in [0.25, 0.3) is 0 Å². The van der Waals surface area contributed by atoms with Crippen LogP contribution in [0.4, 0.5) is 0 Å². The Hall–Kier alpha value is -1.79. The first-order chi connectivity index (χ1) is 9.16. The van der Waals surface area contributed by atoms with Crippen LogP contribution in [-0.2, 0) is 0 Å². The van der Waals surface area contributed by atoms with E-state index in [1.165, 1.54) is 11.3 Å². The van der Waals surface area contributed by atoms with Gasteiger partial charge in [-0.05, 0) is 28.1 Å². The molecule has 2 heterocycles. The Kier molecular flexibility index (Phi) is 3.04. The van der Waals surface area contributed by atoms with Crippen LogP contribution in [0.15, 0.2) is 40.3 Å². The topological polar surface area (TPSA) is 63.1 Å². The second-order valence-electron chi connectivity index (χ2n) is 3.83. The van der Waals surface area contributed by atoms with Crippen molar-refractivity contribution in [3.63, 3.8) is 0 Å². The number of rotatable bonds is 2. The van der Waals surface area contributed by atoms with Crippen molar-refractivity contribution in [3.8, 4) is 10.7 Å². The first kappa shape index (κ1) is 12.3. The minimum absolute atomic E-state index is 0.233. The van der Waals surface area contributed by atoms with E-state index >= 15 is 0 Å². The molecular weight excluding hydrogens is 328 g/mol. The van der Waals surface area contributed by atoms with Crippen LogP contribution < -0.4 is 0 Å². The van der Waals surface area contributed by atoms with E-state index in [1.807, 2.05) is 11.4 Å². The van der Waals surface area contributed by atoms with Gasteiger partial charge in [-0.2, -0.15) is 0 Å². The highest BCUT2D eigenvalue weighted by Crippen LogP contribution is 2.29. The van der Waals surface area contributed by atoms with Crippen LogP contribution >= 0.6 is 27.3 Å². The smallest absolute Gasteiger partial charge is 0.336 e. The van der Waals surface area contributed by atoms with Crippen molar-refractivity contribution in [2.24, 2.45) is 0 Å². The van der Waals surface area contributed by atoms with Crippen molar-refractivity contribution >= 4 is 44.1 Å². The van der Waals surface area contributed by atoms with Gasteiger partial charge in [-0.15, -0.1) is 11.3 Å². The molecule has 6 heteroatoms. The first-order valence-corrected chi connectivity index (χ1v) is 7.06. The summed E-state index contributed by atoms with van der Waals surface area (Å²) in [7, 11) is 0. The van der Waals surface area contributed by atoms with E-state index in [-0.39, 0.29) is 5.56 Å². The third kappa shape index (κ3) is 2.13. The zero-order valence-corrected chi connectivity index (χ0v) is 11.9. The molecule has 0 spiro atoms. The number of aromatic nitrogens is 2. The number of nitrogens with zero attached hydrogens (tertiary/aromatic N) is 2. The molecule has 0 amide bonds. The van der Waals surface area contributed by atoms with E-state index in [0.29, 0.717) is 21.6 Å². The number of carboxylic acids is 1. The molecule has 0 atom stereocenters. The molecular formula is C13H7BrN2O2S. The summed E-state index contributed by atoms with van der Waals surface area (Å²) in [4.78, 5) is 20.1. The van der Waals surface area contributed by atoms with Gasteiger partial charge in [0.1, 0.15) is 10.7 Å². The van der Waals surface area contributed by atoms with Crippen molar-refractivity contribution in [3.05, 3.63) is 45.9 Å². The Morgan fingerprint density at radius 3 is 2.89 bits per heavy atom. The molecule has 1 N–H and O–H groups in total. The van der Waals surface area contributed by atoms with Gasteiger partial charge in [0.15, 0.2) is 0 Å². The fraction of sp³-hybridized carbons (Fsp3) is 0. The van der Waals surface area contributed by atoms with E-state index in [0.717, 1.165) is 4.47 Å². The largest absolute Gasteiger partial charge is 0.478 e. The average molecular weight is 335 g/mol. The Morgan fingerprint density at radius 2 is 2.21 bits per heavy atom. The fourth-order valence-electron chi connectivity index (χ4n) is 1.85. The van der Waals surface area contributed by atoms with Gasteiger partial charge >= 0.3 is 5.97 Å². The van der Waals surface area contributed by atoms with Gasteiger partial charge < -0.3 is 5.11 Å². The fourth-order valence-corrected chi connectivity index (χ4v) is 2.90. The Labute approximate surface area is 120 Å². The molecule has 0 saturated heterocycles. The summed E-state index contributed by atoms with van der Waals surface area (Å²) in [5.74, 6) is -0.969. The molecule has 19 heavy (non-hydrogen) atoms. The Balaban J connectivity index is 2.38. The lowest BCUT2D eigenvalue weighted by Crippen LogP contribution is -2.00. The second-order valence-corrected chi connectivity index (χ2v) is 5.58. The van der Waals surface area contributed by atoms with Crippen molar-refractivity contribution in [1.29, 1.82) is 0 Å². The van der Waals surface area contributed by atoms with Gasteiger partial charge in [0.2, 0.25) is 0 Å². The summed E-state index contributed by atoms with van der Waals surface area (Å²) < 4.78 is 0.769. The van der Waals surface area contributed by atoms with Crippen LogP contribution in [0, 0.1) is 0 Å². The molecule has 4 nitrogen and oxygen atoms in total. The number of para-hydroxylation sites is 1. The van der Waals surface area contributed by atoms with E-state index in [2.05, 4.69) is 25.9 Å². The number of thiazole rings is 1. The summed E-state index contributed by atoms with van der Waals surface area (Å²) in [6, 6.07) is 6.95. The highest BCUT2D eigenvalue weighted by atomic mass is 79.9. The lowest BCUT2D eigenvalue weighted by Gasteiger charge is -2.06. The number of carboxylic acid groups (broad SMARTS) is 1. The standard InChI is InChI=1S/C13H7BrN2O2S/c14-9-3-1-2-7-8(13(17)18)6-10(16-11(7)9)12-15-4-5-19-12/h1-6H,(H,17,18). The zero-order valence-electron chi connectivity index (χ0n) is 9.50. The number of halogens is 1. The normalized spacial score (nSPS) is 10.8. The number of benzene rings is 1. The Morgan fingerprint density at radius 1 is 1.37 bits per heavy atom. The van der Waals surface area contributed by atoms with Gasteiger partial charge in [-0.3, -0.25) is 0 Å². The number of hydrogen-bond donors (Lipinski definition) is 1. The summed E-state index contributed by atoms with van der Waals surface area (Å²) >= 11 is 4.83. The summed E-state index contributed by atoms with van der Waals surface area (Å²) in [5.41, 5.74) is 1.44. The highest BCUT2D eigenvalue weighted by Gasteiger charge is 2.15. The van der Waals surface area contributed by atoms with Crippen LogP contribution in [0.2, 0.25) is 0 Å². The summed E-state index contributed by atoms with van der Waals surface area (Å²) in [6.45, 7) is 0. The van der Waals surface area contributed by atoms with Crippen LogP contribution in [0.25, 0.3) is 21.6 Å². The second kappa shape index (κ2) is 4.71. The maximum Gasteiger partial charge on any atom is 0.336 e. The molecule has 3 rings (SSSR count). The molecule has 0 radical (unpaired) electrons. The van der Waals surface area contributed by atoms with E-state index in [4.69, 9.17) is 0 Å². The van der Waals surface area contributed by atoms with Crippen molar-refractivity contribution in [2.45, 2.75) is 0 Å². The van der Waals surface area contributed by atoms with Gasteiger partial charge in [0, 0.05) is 21.4 Å². The summed E-state index contributed by atoms with van der Waals surface area (Å²) in [5, 5.41) is 12.5. The predicted octanol–water partition coefficient (Wildman–Crippen LogP) is 3.82. The quantitative estimate of drug-likeness (QED) is 0.773. The number of aromatic carboxylic acids is 1. The lowest BCUT2D eigenvalue weighted by atomic mass is 10.1. The number of hydrogen-bond acceptors (Lipinski definition) is 4. The molecule has 0 aliphatic rings. The molecule has 0 fully saturated rings. The summed E-state index contributed by atoms with van der Waals surface area (Å²) in [6.07, 6.45) is 1.67. The maximum atomic E-state index is 11.4. The molecule has 0 aliphatic carbocycles. The number of fused-ring (bicyclic) bond motifs is 1. The number of carbonyl (C=O) groups is 1. The van der Waals surface area contributed by atoms with Crippen molar-refractivity contribution < 1.29 is 9.90 Å². The third-order valence-electron chi connectivity index (χ3n) is 2.67. The minimum Gasteiger partial charge on any atom is -0.478 e. The third-order valence-corrected chi connectivity index (χ3v) is 4.11. The lowest BCUT2D eigenvalue weighted by molar-refractivity contribution is 0.0699. The van der Waals surface area contributed by atoms with E-state index in [1.54, 1.807) is 24.4 Å². The zero-order chi connectivity index (χ0) is 13.4.